The van der Waals surface area contributed by atoms with Crippen molar-refractivity contribution in [3.8, 4) is 0 Å². The molecule has 0 fully saturated rings. The molecule has 0 aliphatic rings. The molecule has 1 rings (SSSR count). The molecule has 1 heterocycles. The number of carbonyl (C=O) groups excluding carboxylic acids is 1. The summed E-state index contributed by atoms with van der Waals surface area (Å²) in [6.45, 7) is 6.09. The first-order valence-electron chi connectivity index (χ1n) is 6.33. The van der Waals surface area contributed by atoms with Crippen molar-refractivity contribution in [2.75, 3.05) is 31.6 Å². The fraction of sp³-hybridized carbons (Fsp3) is 0.538. The smallest absolute Gasteiger partial charge is 0.272 e. The van der Waals surface area contributed by atoms with Gasteiger partial charge in [0.25, 0.3) is 5.91 Å². The molecule has 18 heavy (non-hydrogen) atoms. The van der Waals surface area contributed by atoms with Gasteiger partial charge in [-0.2, -0.15) is 0 Å². The topological polar surface area (TPSA) is 65.5 Å². The summed E-state index contributed by atoms with van der Waals surface area (Å²) < 4.78 is 0. The van der Waals surface area contributed by atoms with Crippen molar-refractivity contribution >= 4 is 11.6 Å². The number of nitrogens with zero attached hydrogens (tertiary/aromatic N) is 2. The first-order chi connectivity index (χ1) is 8.72. The summed E-state index contributed by atoms with van der Waals surface area (Å²) in [5.74, 6) is -0.0502. The van der Waals surface area contributed by atoms with Gasteiger partial charge < -0.3 is 15.3 Å². The van der Waals surface area contributed by atoms with Gasteiger partial charge in [-0.05, 0) is 32.4 Å². The highest BCUT2D eigenvalue weighted by Gasteiger charge is 2.13. The van der Waals surface area contributed by atoms with Gasteiger partial charge in [0.2, 0.25) is 0 Å². The number of amides is 1. The lowest BCUT2D eigenvalue weighted by Gasteiger charge is -2.18. The van der Waals surface area contributed by atoms with Crippen LogP contribution in [0.3, 0.4) is 0 Å². The van der Waals surface area contributed by atoms with Crippen LogP contribution in [-0.4, -0.2) is 47.1 Å². The van der Waals surface area contributed by atoms with E-state index in [0.717, 1.165) is 5.69 Å². The number of pyridine rings is 1. The Morgan fingerprint density at radius 3 is 2.78 bits per heavy atom. The highest BCUT2D eigenvalue weighted by Crippen LogP contribution is 2.10. The predicted molar refractivity (Wildman–Crippen MR) is 71.7 cm³/mol. The first-order valence-corrected chi connectivity index (χ1v) is 6.33. The van der Waals surface area contributed by atoms with E-state index in [0.29, 0.717) is 31.7 Å². The fourth-order valence-electron chi connectivity index (χ4n) is 1.64. The Bertz CT molecular complexity index is 378. The van der Waals surface area contributed by atoms with Gasteiger partial charge in [-0.25, -0.2) is 0 Å². The minimum absolute atomic E-state index is 0.0502. The third kappa shape index (κ3) is 4.00. The standard InChI is InChI=1S/C13H21N3O2/c1-3-16(4-2)13(18)12-10-11(6-8-15-12)14-7-5-9-17/h6,8,10,17H,3-5,7,9H2,1-2H3,(H,14,15). The van der Waals surface area contributed by atoms with Crippen LogP contribution in [0.25, 0.3) is 0 Å². The van der Waals surface area contributed by atoms with Gasteiger partial charge in [0.1, 0.15) is 5.69 Å². The lowest BCUT2D eigenvalue weighted by molar-refractivity contribution is 0.0767. The van der Waals surface area contributed by atoms with Gasteiger partial charge in [-0.15, -0.1) is 0 Å². The second kappa shape index (κ2) is 7.66. The molecule has 0 bridgehead atoms. The molecule has 2 N–H and O–H groups in total. The van der Waals surface area contributed by atoms with Gasteiger partial charge in [0.15, 0.2) is 0 Å². The second-order valence-electron chi connectivity index (χ2n) is 3.91. The Kier molecular flexibility index (Phi) is 6.14. The zero-order valence-corrected chi connectivity index (χ0v) is 11.0. The Balaban J connectivity index is 2.71. The van der Waals surface area contributed by atoms with E-state index in [9.17, 15) is 4.79 Å². The molecule has 0 atom stereocenters. The van der Waals surface area contributed by atoms with E-state index in [1.807, 2.05) is 19.9 Å². The van der Waals surface area contributed by atoms with E-state index in [-0.39, 0.29) is 12.5 Å². The minimum atomic E-state index is -0.0502. The second-order valence-corrected chi connectivity index (χ2v) is 3.91. The molecule has 0 saturated heterocycles. The molecule has 0 radical (unpaired) electrons. The number of anilines is 1. The van der Waals surface area contributed by atoms with Gasteiger partial charge in [0, 0.05) is 38.1 Å². The minimum Gasteiger partial charge on any atom is -0.396 e. The maximum atomic E-state index is 12.1. The summed E-state index contributed by atoms with van der Waals surface area (Å²) in [5.41, 5.74) is 1.31. The summed E-state index contributed by atoms with van der Waals surface area (Å²) in [6, 6.07) is 3.56. The SMILES string of the molecule is CCN(CC)C(=O)c1cc(NCCCO)ccn1. The highest BCUT2D eigenvalue weighted by molar-refractivity contribution is 5.93. The molecule has 0 aromatic carbocycles. The maximum Gasteiger partial charge on any atom is 0.272 e. The summed E-state index contributed by atoms with van der Waals surface area (Å²) in [5, 5.41) is 11.9. The van der Waals surface area contributed by atoms with Crippen LogP contribution in [0.5, 0.6) is 0 Å². The Morgan fingerprint density at radius 2 is 2.17 bits per heavy atom. The van der Waals surface area contributed by atoms with Crippen LogP contribution >= 0.6 is 0 Å². The lowest BCUT2D eigenvalue weighted by atomic mass is 10.2. The Hall–Kier alpha value is -1.62. The van der Waals surface area contributed by atoms with E-state index >= 15 is 0 Å². The average Bonchev–Trinajstić information content (AvgIpc) is 2.41. The van der Waals surface area contributed by atoms with E-state index in [2.05, 4.69) is 10.3 Å². The van der Waals surface area contributed by atoms with Crippen molar-refractivity contribution in [3.63, 3.8) is 0 Å². The third-order valence-corrected chi connectivity index (χ3v) is 2.69. The summed E-state index contributed by atoms with van der Waals surface area (Å²) >= 11 is 0. The number of nitrogens with one attached hydrogen (secondary N) is 1. The molecule has 100 valence electrons. The normalized spacial score (nSPS) is 10.2. The van der Waals surface area contributed by atoms with Crippen LogP contribution in [0.2, 0.25) is 0 Å². The molecule has 0 aliphatic carbocycles. The van der Waals surface area contributed by atoms with E-state index in [1.54, 1.807) is 17.2 Å². The molecular formula is C13H21N3O2. The van der Waals surface area contributed by atoms with Gasteiger partial charge in [0.05, 0.1) is 0 Å². The Labute approximate surface area is 108 Å². The molecule has 0 unspecified atom stereocenters. The number of hydrogen-bond donors (Lipinski definition) is 2. The van der Waals surface area contributed by atoms with Crippen molar-refractivity contribution in [1.82, 2.24) is 9.88 Å². The van der Waals surface area contributed by atoms with Crippen molar-refractivity contribution < 1.29 is 9.90 Å². The number of carbonyl (C=O) groups is 1. The maximum absolute atomic E-state index is 12.1. The summed E-state index contributed by atoms with van der Waals surface area (Å²) in [4.78, 5) is 17.9. The zero-order chi connectivity index (χ0) is 13.4. The van der Waals surface area contributed by atoms with Gasteiger partial charge >= 0.3 is 0 Å². The monoisotopic (exact) mass is 251 g/mol. The van der Waals surface area contributed by atoms with Crippen molar-refractivity contribution in [2.45, 2.75) is 20.3 Å². The number of aliphatic hydroxyl groups is 1. The van der Waals surface area contributed by atoms with Crippen LogP contribution in [-0.2, 0) is 0 Å². The van der Waals surface area contributed by atoms with E-state index in [4.69, 9.17) is 5.11 Å². The van der Waals surface area contributed by atoms with Crippen LogP contribution < -0.4 is 5.32 Å². The predicted octanol–water partition coefficient (Wildman–Crippen LogP) is 1.36. The molecule has 0 aliphatic heterocycles. The number of rotatable bonds is 7. The number of aliphatic hydroxyl groups excluding tert-OH is 1. The summed E-state index contributed by atoms with van der Waals surface area (Å²) in [6.07, 6.45) is 2.31. The third-order valence-electron chi connectivity index (χ3n) is 2.69. The van der Waals surface area contributed by atoms with E-state index in [1.165, 1.54) is 0 Å². The molecule has 5 heteroatoms. The number of hydrogen-bond acceptors (Lipinski definition) is 4. The largest absolute Gasteiger partial charge is 0.396 e. The molecule has 1 amide bonds. The van der Waals surface area contributed by atoms with Crippen molar-refractivity contribution in [3.05, 3.63) is 24.0 Å². The molecule has 1 aromatic rings. The van der Waals surface area contributed by atoms with Crippen LogP contribution in [0, 0.1) is 0 Å². The van der Waals surface area contributed by atoms with Crippen molar-refractivity contribution in [2.24, 2.45) is 0 Å². The molecule has 5 nitrogen and oxygen atoms in total. The van der Waals surface area contributed by atoms with Crippen LogP contribution in [0.4, 0.5) is 5.69 Å². The van der Waals surface area contributed by atoms with Gasteiger partial charge in [-0.1, -0.05) is 0 Å². The quantitative estimate of drug-likeness (QED) is 0.718. The lowest BCUT2D eigenvalue weighted by Crippen LogP contribution is -2.31. The molecule has 1 aromatic heterocycles. The molecular weight excluding hydrogens is 230 g/mol. The van der Waals surface area contributed by atoms with Crippen LogP contribution in [0.15, 0.2) is 18.3 Å². The van der Waals surface area contributed by atoms with Crippen molar-refractivity contribution in [1.29, 1.82) is 0 Å². The van der Waals surface area contributed by atoms with Crippen LogP contribution in [0.1, 0.15) is 30.8 Å². The fourth-order valence-corrected chi connectivity index (χ4v) is 1.64. The highest BCUT2D eigenvalue weighted by atomic mass is 16.3. The molecule has 0 spiro atoms. The first kappa shape index (κ1) is 14.4. The number of aromatic nitrogens is 1. The summed E-state index contributed by atoms with van der Waals surface area (Å²) in [7, 11) is 0. The van der Waals surface area contributed by atoms with Gasteiger partial charge in [-0.3, -0.25) is 9.78 Å². The molecule has 0 saturated carbocycles. The van der Waals surface area contributed by atoms with E-state index < -0.39 is 0 Å². The average molecular weight is 251 g/mol. The zero-order valence-electron chi connectivity index (χ0n) is 11.0. The Morgan fingerprint density at radius 1 is 1.44 bits per heavy atom.